The van der Waals surface area contributed by atoms with E-state index in [1.54, 1.807) is 6.20 Å². The number of piperazine rings is 1. The van der Waals surface area contributed by atoms with Gasteiger partial charge in [0, 0.05) is 43.6 Å². The van der Waals surface area contributed by atoms with E-state index in [4.69, 9.17) is 0 Å². The molecule has 0 saturated carbocycles. The number of fused-ring (bicyclic) bond motifs is 1. The zero-order chi connectivity index (χ0) is 18.1. The number of anilines is 1. The van der Waals surface area contributed by atoms with Crippen LogP contribution in [-0.2, 0) is 12.8 Å². The van der Waals surface area contributed by atoms with E-state index in [1.807, 2.05) is 17.0 Å². The number of hydrogen-bond donors (Lipinski definition) is 0. The second-order valence-electron chi connectivity index (χ2n) is 6.93. The first-order valence-electron chi connectivity index (χ1n) is 9.07. The quantitative estimate of drug-likeness (QED) is 0.833. The molecule has 0 bridgehead atoms. The summed E-state index contributed by atoms with van der Waals surface area (Å²) in [6, 6.07) is 8.24. The van der Waals surface area contributed by atoms with Crippen LogP contribution < -0.4 is 4.90 Å². The Balaban J connectivity index is 1.54. The van der Waals surface area contributed by atoms with Crippen LogP contribution in [0.4, 0.5) is 5.82 Å². The lowest BCUT2D eigenvalue weighted by Crippen LogP contribution is -2.54. The Kier molecular flexibility index (Phi) is 4.29. The van der Waals surface area contributed by atoms with Gasteiger partial charge in [-0.05, 0) is 43.4 Å². The van der Waals surface area contributed by atoms with Gasteiger partial charge in [0.1, 0.15) is 6.07 Å². The fraction of sp³-hybridized carbons (Fsp3) is 0.400. The van der Waals surface area contributed by atoms with Crippen molar-refractivity contribution in [3.63, 3.8) is 0 Å². The molecule has 0 spiro atoms. The van der Waals surface area contributed by atoms with Crippen LogP contribution in [0.25, 0.3) is 0 Å². The Morgan fingerprint density at radius 1 is 1.23 bits per heavy atom. The van der Waals surface area contributed by atoms with E-state index < -0.39 is 0 Å². The lowest BCUT2D eigenvalue weighted by atomic mass is 10.0. The molecule has 6 heteroatoms. The number of rotatable bonds is 2. The molecule has 6 nitrogen and oxygen atoms in total. The van der Waals surface area contributed by atoms with Crippen molar-refractivity contribution >= 4 is 11.7 Å². The second kappa shape index (κ2) is 6.75. The fourth-order valence-corrected chi connectivity index (χ4v) is 4.07. The highest BCUT2D eigenvalue weighted by atomic mass is 16.2. The minimum atomic E-state index is 0.0436. The molecule has 1 fully saturated rings. The molecular weight excluding hydrogens is 326 g/mol. The number of benzene rings is 1. The Labute approximate surface area is 153 Å². The van der Waals surface area contributed by atoms with Gasteiger partial charge in [0.15, 0.2) is 11.5 Å². The summed E-state index contributed by atoms with van der Waals surface area (Å²) >= 11 is 0. The standard InChI is InChI=1S/C20H21N5O/c1-14-13-24(19-18(12-21)22-8-9-23-19)10-11-25(14)20(26)17-7-3-5-15-4-2-6-16(15)17/h3,5,7-9,14H,2,4,6,10-11,13H2,1H3. The first-order valence-corrected chi connectivity index (χ1v) is 9.07. The number of hydrogen-bond acceptors (Lipinski definition) is 5. The first-order chi connectivity index (χ1) is 12.7. The summed E-state index contributed by atoms with van der Waals surface area (Å²) in [6.45, 7) is 3.97. The molecule has 1 aliphatic heterocycles. The van der Waals surface area contributed by atoms with Crippen LogP contribution >= 0.6 is 0 Å². The van der Waals surface area contributed by atoms with Gasteiger partial charge < -0.3 is 9.80 Å². The molecule has 0 radical (unpaired) electrons. The van der Waals surface area contributed by atoms with Crippen LogP contribution in [0, 0.1) is 11.3 Å². The molecule has 1 amide bonds. The van der Waals surface area contributed by atoms with Crippen molar-refractivity contribution in [2.45, 2.75) is 32.2 Å². The van der Waals surface area contributed by atoms with Crippen molar-refractivity contribution in [1.82, 2.24) is 14.9 Å². The molecule has 1 atom stereocenters. The van der Waals surface area contributed by atoms with Crippen LogP contribution in [0.2, 0.25) is 0 Å². The van der Waals surface area contributed by atoms with Gasteiger partial charge in [-0.3, -0.25) is 4.79 Å². The van der Waals surface area contributed by atoms with Gasteiger partial charge >= 0.3 is 0 Å². The fourth-order valence-electron chi connectivity index (χ4n) is 4.07. The number of carbonyl (C=O) groups is 1. The topological polar surface area (TPSA) is 73.1 Å². The number of aryl methyl sites for hydroxylation is 1. The van der Waals surface area contributed by atoms with E-state index in [-0.39, 0.29) is 11.9 Å². The van der Waals surface area contributed by atoms with Gasteiger partial charge in [-0.15, -0.1) is 0 Å². The maximum absolute atomic E-state index is 13.2. The third kappa shape index (κ3) is 2.80. The first kappa shape index (κ1) is 16.5. The summed E-state index contributed by atoms with van der Waals surface area (Å²) in [6.07, 6.45) is 6.33. The van der Waals surface area contributed by atoms with Crippen molar-refractivity contribution in [1.29, 1.82) is 5.26 Å². The van der Waals surface area contributed by atoms with Crippen molar-refractivity contribution in [3.05, 3.63) is 53.0 Å². The Bertz CT molecular complexity index is 888. The average Bonchev–Trinajstić information content (AvgIpc) is 3.16. The van der Waals surface area contributed by atoms with E-state index in [2.05, 4.69) is 33.9 Å². The third-order valence-electron chi connectivity index (χ3n) is 5.35. The van der Waals surface area contributed by atoms with Crippen molar-refractivity contribution in [2.24, 2.45) is 0 Å². The molecular formula is C20H21N5O. The maximum Gasteiger partial charge on any atom is 0.254 e. The van der Waals surface area contributed by atoms with Crippen LogP contribution in [0.1, 0.15) is 40.5 Å². The summed E-state index contributed by atoms with van der Waals surface area (Å²) in [5, 5.41) is 9.25. The van der Waals surface area contributed by atoms with Crippen LogP contribution in [0.15, 0.2) is 30.6 Å². The van der Waals surface area contributed by atoms with E-state index in [9.17, 15) is 10.1 Å². The summed E-state index contributed by atoms with van der Waals surface area (Å²) in [5.74, 6) is 0.727. The summed E-state index contributed by atoms with van der Waals surface area (Å²) < 4.78 is 0. The van der Waals surface area contributed by atoms with E-state index in [0.717, 1.165) is 24.8 Å². The number of amides is 1. The van der Waals surface area contributed by atoms with Crippen LogP contribution in [0.5, 0.6) is 0 Å². The summed E-state index contributed by atoms with van der Waals surface area (Å²) in [7, 11) is 0. The largest absolute Gasteiger partial charge is 0.350 e. The maximum atomic E-state index is 13.2. The average molecular weight is 347 g/mol. The highest BCUT2D eigenvalue weighted by molar-refractivity contribution is 5.96. The summed E-state index contributed by atoms with van der Waals surface area (Å²) in [5.41, 5.74) is 3.74. The molecule has 132 valence electrons. The Hall–Kier alpha value is -2.94. The lowest BCUT2D eigenvalue weighted by molar-refractivity contribution is 0.0672. The van der Waals surface area contributed by atoms with Gasteiger partial charge in [-0.25, -0.2) is 9.97 Å². The number of nitriles is 1. The highest BCUT2D eigenvalue weighted by Gasteiger charge is 2.31. The van der Waals surface area contributed by atoms with Gasteiger partial charge in [0.05, 0.1) is 0 Å². The normalized spacial score (nSPS) is 19.2. The molecule has 2 aromatic rings. The minimum Gasteiger partial charge on any atom is -0.350 e. The van der Waals surface area contributed by atoms with Crippen LogP contribution in [0.3, 0.4) is 0 Å². The van der Waals surface area contributed by atoms with Crippen LogP contribution in [-0.4, -0.2) is 46.5 Å². The highest BCUT2D eigenvalue weighted by Crippen LogP contribution is 2.27. The molecule has 1 aliphatic carbocycles. The van der Waals surface area contributed by atoms with Crippen molar-refractivity contribution < 1.29 is 4.79 Å². The number of carbonyl (C=O) groups excluding carboxylic acids is 1. The molecule has 2 aliphatic rings. The van der Waals surface area contributed by atoms with Crippen molar-refractivity contribution in [3.8, 4) is 6.07 Å². The van der Waals surface area contributed by atoms with Gasteiger partial charge in [0.2, 0.25) is 0 Å². The minimum absolute atomic E-state index is 0.0436. The SMILES string of the molecule is CC1CN(c2nccnc2C#N)CCN1C(=O)c1cccc2c1CCC2. The molecule has 2 heterocycles. The molecule has 4 rings (SSSR count). The number of nitrogens with zero attached hydrogens (tertiary/aromatic N) is 5. The molecule has 1 aromatic carbocycles. The van der Waals surface area contributed by atoms with Gasteiger partial charge in [0.25, 0.3) is 5.91 Å². The van der Waals surface area contributed by atoms with E-state index in [1.165, 1.54) is 17.3 Å². The molecule has 0 N–H and O–H groups in total. The predicted octanol–water partition coefficient (Wildman–Crippen LogP) is 2.19. The zero-order valence-electron chi connectivity index (χ0n) is 14.9. The number of aromatic nitrogens is 2. The molecule has 26 heavy (non-hydrogen) atoms. The molecule has 1 saturated heterocycles. The van der Waals surface area contributed by atoms with Gasteiger partial charge in [-0.1, -0.05) is 12.1 Å². The molecule has 1 unspecified atom stereocenters. The second-order valence-corrected chi connectivity index (χ2v) is 6.93. The zero-order valence-corrected chi connectivity index (χ0v) is 14.9. The van der Waals surface area contributed by atoms with E-state index in [0.29, 0.717) is 31.1 Å². The van der Waals surface area contributed by atoms with Crippen molar-refractivity contribution in [2.75, 3.05) is 24.5 Å². The summed E-state index contributed by atoms with van der Waals surface area (Å²) in [4.78, 5) is 25.6. The Morgan fingerprint density at radius 3 is 2.88 bits per heavy atom. The van der Waals surface area contributed by atoms with E-state index >= 15 is 0 Å². The molecule has 1 aromatic heterocycles. The Morgan fingerprint density at radius 2 is 2.08 bits per heavy atom. The predicted molar refractivity (Wildman–Crippen MR) is 97.9 cm³/mol. The monoisotopic (exact) mass is 347 g/mol. The third-order valence-corrected chi connectivity index (χ3v) is 5.35. The smallest absolute Gasteiger partial charge is 0.254 e. The van der Waals surface area contributed by atoms with Gasteiger partial charge in [-0.2, -0.15) is 5.26 Å². The lowest BCUT2D eigenvalue weighted by Gasteiger charge is -2.40.